The highest BCUT2D eigenvalue weighted by atomic mass is 19.4. The Hall–Kier alpha value is -2.21. The number of rotatable bonds is 6. The van der Waals surface area contributed by atoms with E-state index >= 15 is 0 Å². The van der Waals surface area contributed by atoms with Gasteiger partial charge in [-0.15, -0.1) is 8.78 Å². The van der Waals surface area contributed by atoms with Crippen molar-refractivity contribution in [3.8, 4) is 5.88 Å². The highest BCUT2D eigenvalue weighted by Crippen LogP contribution is 2.49. The predicted molar refractivity (Wildman–Crippen MR) is 60.8 cm³/mol. The second kappa shape index (κ2) is 6.02. The molecule has 0 N–H and O–H groups in total. The molecule has 0 unspecified atom stereocenters. The maximum atomic E-state index is 13.4. The summed E-state index contributed by atoms with van der Waals surface area (Å²) in [5, 5.41) is 0. The smallest absolute Gasteiger partial charge is 0.482 e. The van der Waals surface area contributed by atoms with Crippen LogP contribution in [0.4, 0.5) is 35.1 Å². The van der Waals surface area contributed by atoms with Crippen LogP contribution in [0.5, 0.6) is 5.88 Å². The molecule has 13 heteroatoms. The topological polar surface area (TPSA) is 51.3 Å². The normalized spacial score (nSPS) is 13.3. The van der Waals surface area contributed by atoms with E-state index in [0.29, 0.717) is 10.6 Å². The Morgan fingerprint density at radius 2 is 1.67 bits per heavy atom. The molecule has 0 bridgehead atoms. The van der Waals surface area contributed by atoms with Gasteiger partial charge in [-0.2, -0.15) is 17.6 Å². The number of carbonyl (C=O) groups excluding carboxylic acids is 1. The number of ether oxygens (including phenoxy) is 1. The summed E-state index contributed by atoms with van der Waals surface area (Å²) in [6.45, 7) is 0. The molecular weight excluding hydrogens is 360 g/mol. The molecule has 1 heterocycles. The summed E-state index contributed by atoms with van der Waals surface area (Å²) in [5.41, 5.74) is -0.919. The molecule has 0 fully saturated rings. The van der Waals surface area contributed by atoms with Crippen LogP contribution in [0, 0.1) is 4.91 Å². The third-order valence-electron chi connectivity index (χ3n) is 3.01. The molecule has 0 saturated heterocycles. The van der Waals surface area contributed by atoms with Crippen molar-refractivity contribution in [2.45, 2.75) is 24.3 Å². The number of halogens is 8. The highest BCUT2D eigenvalue weighted by Gasteiger charge is 2.85. The van der Waals surface area contributed by atoms with Gasteiger partial charge >= 0.3 is 30.2 Å². The summed E-state index contributed by atoms with van der Waals surface area (Å²) in [5.74, 6) is -15.9. The van der Waals surface area contributed by atoms with Crippen molar-refractivity contribution >= 4 is 5.91 Å². The first-order valence-corrected chi connectivity index (χ1v) is 5.86. The molecule has 1 amide bonds. The van der Waals surface area contributed by atoms with Gasteiger partial charge in [-0.25, -0.2) is 13.6 Å². The number of aromatic nitrogens is 1. The van der Waals surface area contributed by atoms with Crippen LogP contribution in [0.3, 0.4) is 0 Å². The van der Waals surface area contributed by atoms with E-state index in [9.17, 15) is 44.8 Å². The van der Waals surface area contributed by atoms with Gasteiger partial charge in [0.1, 0.15) is 0 Å². The van der Waals surface area contributed by atoms with Crippen LogP contribution >= 0.6 is 0 Å². The van der Waals surface area contributed by atoms with E-state index in [2.05, 4.69) is 4.74 Å². The Balaban J connectivity index is 3.29. The van der Waals surface area contributed by atoms with Gasteiger partial charge in [0.25, 0.3) is 0 Å². The summed E-state index contributed by atoms with van der Waals surface area (Å²) >= 11 is 0. The van der Waals surface area contributed by atoms with Gasteiger partial charge < -0.3 is 9.30 Å². The predicted octanol–water partition coefficient (Wildman–Crippen LogP) is 3.08. The minimum Gasteiger partial charge on any atom is -0.482 e. The third kappa shape index (κ3) is 2.71. The Morgan fingerprint density at radius 1 is 1.17 bits per heavy atom. The van der Waals surface area contributed by atoms with Crippen LogP contribution in [0.1, 0.15) is 10.5 Å². The first-order valence-electron chi connectivity index (χ1n) is 5.86. The number of hydrogen-bond acceptors (Lipinski definition) is 3. The van der Waals surface area contributed by atoms with E-state index in [-0.39, 0.29) is 5.88 Å². The maximum Gasteiger partial charge on any atom is 0.582 e. The van der Waals surface area contributed by atoms with Gasteiger partial charge in [-0.1, -0.05) is 0 Å². The van der Waals surface area contributed by atoms with E-state index < -0.39 is 40.7 Å². The lowest BCUT2D eigenvalue weighted by atomic mass is 10.1. The zero-order valence-corrected chi connectivity index (χ0v) is 11.9. The molecule has 0 aliphatic rings. The third-order valence-corrected chi connectivity index (χ3v) is 3.01. The fraction of sp³-hybridized carbons (Fsp3) is 0.545. The summed E-state index contributed by atoms with van der Waals surface area (Å²) in [6.07, 6.45) is -5.20. The van der Waals surface area contributed by atoms with Gasteiger partial charge in [0.15, 0.2) is 16.3 Å². The molecular formula is C11H9F8N2O3+. The molecule has 0 atom stereocenters. The average molecular weight is 369 g/mol. The van der Waals surface area contributed by atoms with E-state index in [0.717, 1.165) is 20.2 Å². The van der Waals surface area contributed by atoms with Crippen molar-refractivity contribution in [3.05, 3.63) is 22.7 Å². The Morgan fingerprint density at radius 3 is 2.04 bits per heavy atom. The van der Waals surface area contributed by atoms with Crippen molar-refractivity contribution < 1.29 is 49.4 Å². The minimum absolute atomic E-state index is 0.153. The first kappa shape index (κ1) is 19.8. The van der Waals surface area contributed by atoms with Gasteiger partial charge in [-0.05, 0) is 6.07 Å². The number of nitroso groups, excluding NO2 is 1. The molecule has 0 aromatic carbocycles. The zero-order valence-electron chi connectivity index (χ0n) is 11.9. The van der Waals surface area contributed by atoms with Gasteiger partial charge in [0.05, 0.1) is 7.11 Å². The molecule has 0 aliphatic heterocycles. The molecule has 1 rings (SSSR count). The lowest BCUT2D eigenvalue weighted by Gasteiger charge is -2.25. The number of carbonyl (C=O) groups is 1. The Bertz CT molecular complexity index is 656. The summed E-state index contributed by atoms with van der Waals surface area (Å²) < 4.78 is 105. The second-order valence-electron chi connectivity index (χ2n) is 4.46. The molecule has 0 spiro atoms. The SMILES string of the molecule is COc1ccc(C(=O)[N+](=O)C(F)(F)C(F)(F)C(F)(F)C(F)F)n1C. The second-order valence-corrected chi connectivity index (χ2v) is 4.46. The number of alkyl halides is 8. The standard InChI is InChI=1S/C11H9F8N2O3/c1-20-5(3-4-6(20)24-2)7(22)21(23)11(18,19)10(16,17)9(14,15)8(12)13/h3-4,8H,1-2H3/q+1. The number of hydrogen-bond donors (Lipinski definition) is 0. The summed E-state index contributed by atoms with van der Waals surface area (Å²) in [4.78, 5) is 22.8. The first-order chi connectivity index (χ1) is 10.7. The van der Waals surface area contributed by atoms with Crippen molar-refractivity contribution in [1.29, 1.82) is 0 Å². The Labute approximate surface area is 128 Å². The van der Waals surface area contributed by atoms with Gasteiger partial charge in [0, 0.05) is 18.0 Å². The van der Waals surface area contributed by atoms with Crippen molar-refractivity contribution in [1.82, 2.24) is 4.57 Å². The maximum absolute atomic E-state index is 13.4. The fourth-order valence-electron chi connectivity index (χ4n) is 1.61. The quantitative estimate of drug-likeness (QED) is 0.440. The highest BCUT2D eigenvalue weighted by molar-refractivity contribution is 5.86. The molecule has 1 aromatic rings. The molecule has 0 saturated carbocycles. The molecule has 0 aliphatic carbocycles. The van der Waals surface area contributed by atoms with E-state index in [1.165, 1.54) is 0 Å². The van der Waals surface area contributed by atoms with Gasteiger partial charge in [0.2, 0.25) is 0 Å². The molecule has 136 valence electrons. The molecule has 5 nitrogen and oxygen atoms in total. The monoisotopic (exact) mass is 369 g/mol. The largest absolute Gasteiger partial charge is 0.582 e. The van der Waals surface area contributed by atoms with E-state index in [4.69, 9.17) is 0 Å². The molecule has 0 radical (unpaired) electrons. The van der Waals surface area contributed by atoms with E-state index in [1.807, 2.05) is 0 Å². The average Bonchev–Trinajstić information content (AvgIpc) is 2.85. The van der Waals surface area contributed by atoms with Crippen molar-refractivity contribution in [2.24, 2.45) is 7.05 Å². The molecule has 24 heavy (non-hydrogen) atoms. The number of amides is 1. The van der Waals surface area contributed by atoms with Crippen LogP contribution in [-0.4, -0.2) is 46.7 Å². The Kier molecular flexibility index (Phi) is 4.97. The van der Waals surface area contributed by atoms with Crippen LogP contribution < -0.4 is 4.74 Å². The van der Waals surface area contributed by atoms with Crippen LogP contribution in [-0.2, 0) is 7.05 Å². The van der Waals surface area contributed by atoms with Crippen LogP contribution in [0.2, 0.25) is 0 Å². The van der Waals surface area contributed by atoms with Crippen LogP contribution in [0.25, 0.3) is 0 Å². The summed E-state index contributed by atoms with van der Waals surface area (Å²) in [6, 6.07) is -4.74. The number of methoxy groups -OCH3 is 1. The van der Waals surface area contributed by atoms with Crippen LogP contribution in [0.15, 0.2) is 12.1 Å². The zero-order chi connectivity index (χ0) is 19.1. The minimum atomic E-state index is -6.82. The number of nitrogens with zero attached hydrogens (tertiary/aromatic N) is 2. The summed E-state index contributed by atoms with van der Waals surface area (Å²) in [7, 11) is 2.11. The lowest BCUT2D eigenvalue weighted by Crippen LogP contribution is -2.62. The van der Waals surface area contributed by atoms with Crippen molar-refractivity contribution in [3.63, 3.8) is 0 Å². The molecule has 1 aromatic heterocycles. The van der Waals surface area contributed by atoms with Crippen molar-refractivity contribution in [2.75, 3.05) is 7.11 Å². The van der Waals surface area contributed by atoms with Gasteiger partial charge in [-0.3, -0.25) is 0 Å². The lowest BCUT2D eigenvalue weighted by molar-refractivity contribution is -0.663. The van der Waals surface area contributed by atoms with E-state index in [1.54, 1.807) is 0 Å². The fourth-order valence-corrected chi connectivity index (χ4v) is 1.61.